The first-order valence-electron chi connectivity index (χ1n) is 6.65. The summed E-state index contributed by atoms with van der Waals surface area (Å²) in [5.74, 6) is -0.369. The Balaban J connectivity index is 2.08. The summed E-state index contributed by atoms with van der Waals surface area (Å²) in [6.45, 7) is 1.62. The molecule has 2 rings (SSSR count). The average molecular weight is 306 g/mol. The summed E-state index contributed by atoms with van der Waals surface area (Å²) < 4.78 is 29.3. The Hall–Kier alpha value is -1.69. The molecular weight excluding hydrogens is 288 g/mol. The number of aliphatic hydroxyl groups is 1. The molecule has 0 spiro atoms. The zero-order chi connectivity index (χ0) is 15.3. The molecule has 0 aliphatic heterocycles. The van der Waals surface area contributed by atoms with Crippen LogP contribution in [0, 0.1) is 6.92 Å². The topological polar surface area (TPSA) is 63.6 Å². The number of aliphatic hydroxyl groups excluding tert-OH is 1. The van der Waals surface area contributed by atoms with Crippen LogP contribution in [0.5, 0.6) is 0 Å². The lowest BCUT2D eigenvalue weighted by atomic mass is 10.0. The second kappa shape index (κ2) is 6.85. The van der Waals surface area contributed by atoms with E-state index in [4.69, 9.17) is 4.18 Å². The van der Waals surface area contributed by atoms with Crippen molar-refractivity contribution in [3.63, 3.8) is 0 Å². The van der Waals surface area contributed by atoms with Crippen LogP contribution in [0.2, 0.25) is 0 Å². The van der Waals surface area contributed by atoms with Gasteiger partial charge in [0.25, 0.3) is 10.1 Å². The van der Waals surface area contributed by atoms with Gasteiger partial charge in [0, 0.05) is 5.92 Å². The Morgan fingerprint density at radius 2 is 1.67 bits per heavy atom. The molecule has 4 nitrogen and oxygen atoms in total. The second-order valence-electron chi connectivity index (χ2n) is 4.84. The van der Waals surface area contributed by atoms with E-state index in [2.05, 4.69) is 0 Å². The van der Waals surface area contributed by atoms with Gasteiger partial charge in [-0.25, -0.2) is 0 Å². The van der Waals surface area contributed by atoms with Crippen molar-refractivity contribution in [3.05, 3.63) is 65.7 Å². The van der Waals surface area contributed by atoms with Gasteiger partial charge in [-0.15, -0.1) is 0 Å². The quantitative estimate of drug-likeness (QED) is 0.833. The summed E-state index contributed by atoms with van der Waals surface area (Å²) in [6.07, 6.45) is 0. The Labute approximate surface area is 125 Å². The second-order valence-corrected chi connectivity index (χ2v) is 6.46. The molecule has 0 bridgehead atoms. The van der Waals surface area contributed by atoms with Crippen molar-refractivity contribution in [1.82, 2.24) is 0 Å². The molecule has 2 aromatic carbocycles. The Morgan fingerprint density at radius 1 is 1.05 bits per heavy atom. The van der Waals surface area contributed by atoms with Crippen molar-refractivity contribution in [2.24, 2.45) is 0 Å². The van der Waals surface area contributed by atoms with Crippen molar-refractivity contribution in [3.8, 4) is 0 Å². The highest BCUT2D eigenvalue weighted by Crippen LogP contribution is 2.19. The van der Waals surface area contributed by atoms with Crippen LogP contribution in [-0.4, -0.2) is 26.7 Å². The van der Waals surface area contributed by atoms with Gasteiger partial charge in [-0.1, -0.05) is 48.0 Å². The van der Waals surface area contributed by atoms with Crippen LogP contribution in [0.1, 0.15) is 17.0 Å². The third-order valence-corrected chi connectivity index (χ3v) is 4.52. The molecule has 0 amide bonds. The van der Waals surface area contributed by atoms with Crippen LogP contribution in [-0.2, 0) is 14.3 Å². The van der Waals surface area contributed by atoms with Gasteiger partial charge in [0.15, 0.2) is 0 Å². The summed E-state index contributed by atoms with van der Waals surface area (Å²) in [5.41, 5.74) is 1.82. The third kappa shape index (κ3) is 4.14. The fourth-order valence-electron chi connectivity index (χ4n) is 1.92. The van der Waals surface area contributed by atoms with Crippen LogP contribution in [0.4, 0.5) is 0 Å². The third-order valence-electron chi connectivity index (χ3n) is 3.23. The highest BCUT2D eigenvalue weighted by Gasteiger charge is 2.19. The monoisotopic (exact) mass is 306 g/mol. The van der Waals surface area contributed by atoms with Gasteiger partial charge in [-0.05, 0) is 24.6 Å². The van der Waals surface area contributed by atoms with E-state index in [-0.39, 0.29) is 24.0 Å². The van der Waals surface area contributed by atoms with Crippen molar-refractivity contribution in [2.45, 2.75) is 17.7 Å². The summed E-state index contributed by atoms with van der Waals surface area (Å²) in [6, 6.07) is 15.7. The Bertz CT molecular complexity index is 663. The first-order chi connectivity index (χ1) is 10.0. The molecule has 0 aliphatic carbocycles. The van der Waals surface area contributed by atoms with Gasteiger partial charge >= 0.3 is 0 Å². The van der Waals surface area contributed by atoms with Gasteiger partial charge in [-0.3, -0.25) is 4.18 Å². The lowest BCUT2D eigenvalue weighted by Crippen LogP contribution is -2.16. The predicted molar refractivity (Wildman–Crippen MR) is 80.6 cm³/mol. The van der Waals surface area contributed by atoms with E-state index >= 15 is 0 Å². The smallest absolute Gasteiger partial charge is 0.296 e. The number of hydrogen-bond donors (Lipinski definition) is 1. The normalized spacial score (nSPS) is 13.0. The minimum atomic E-state index is -3.80. The van der Waals surface area contributed by atoms with E-state index in [1.54, 1.807) is 12.1 Å². The van der Waals surface area contributed by atoms with Crippen LogP contribution in [0.25, 0.3) is 0 Å². The molecule has 0 fully saturated rings. The minimum Gasteiger partial charge on any atom is -0.396 e. The molecule has 0 saturated carbocycles. The van der Waals surface area contributed by atoms with Crippen LogP contribution < -0.4 is 0 Å². The van der Waals surface area contributed by atoms with E-state index in [9.17, 15) is 13.5 Å². The molecule has 0 unspecified atom stereocenters. The number of benzene rings is 2. The molecule has 5 heteroatoms. The lowest BCUT2D eigenvalue weighted by molar-refractivity contribution is 0.208. The number of rotatable bonds is 6. The van der Waals surface area contributed by atoms with E-state index in [1.165, 1.54) is 12.1 Å². The van der Waals surface area contributed by atoms with Gasteiger partial charge in [0.2, 0.25) is 0 Å². The van der Waals surface area contributed by atoms with E-state index < -0.39 is 10.1 Å². The highest BCUT2D eigenvalue weighted by molar-refractivity contribution is 7.86. The molecule has 0 aliphatic rings. The van der Waals surface area contributed by atoms with Gasteiger partial charge < -0.3 is 5.11 Å². The zero-order valence-electron chi connectivity index (χ0n) is 11.8. The van der Waals surface area contributed by atoms with Crippen molar-refractivity contribution in [2.75, 3.05) is 13.2 Å². The van der Waals surface area contributed by atoms with E-state index in [0.29, 0.717) is 0 Å². The molecule has 0 aromatic heterocycles. The standard InChI is InChI=1S/C16H18O4S/c1-13-7-9-16(10-8-13)21(18,19)20-12-15(11-17)14-5-3-2-4-6-14/h2-10,15,17H,11-12H2,1H3/t15-/m0/s1. The van der Waals surface area contributed by atoms with E-state index in [1.807, 2.05) is 37.3 Å². The number of hydrogen-bond acceptors (Lipinski definition) is 4. The molecule has 21 heavy (non-hydrogen) atoms. The molecule has 0 heterocycles. The minimum absolute atomic E-state index is 0.0866. The van der Waals surface area contributed by atoms with Crippen molar-refractivity contribution < 1.29 is 17.7 Å². The summed E-state index contributed by atoms with van der Waals surface area (Å²) in [7, 11) is -3.80. The first kappa shape index (κ1) is 15.7. The molecule has 1 N–H and O–H groups in total. The Kier molecular flexibility index (Phi) is 5.12. The predicted octanol–water partition coefficient (Wildman–Crippen LogP) is 2.48. The van der Waals surface area contributed by atoms with Crippen LogP contribution >= 0.6 is 0 Å². The molecule has 112 valence electrons. The summed E-state index contributed by atoms with van der Waals surface area (Å²) in [5, 5.41) is 9.41. The van der Waals surface area contributed by atoms with Gasteiger partial charge in [0.05, 0.1) is 18.1 Å². The fraction of sp³-hybridized carbons (Fsp3) is 0.250. The molecule has 2 aromatic rings. The van der Waals surface area contributed by atoms with Crippen LogP contribution in [0.15, 0.2) is 59.5 Å². The SMILES string of the molecule is Cc1ccc(S(=O)(=O)OC[C@H](CO)c2ccccc2)cc1. The maximum atomic E-state index is 12.1. The molecular formula is C16H18O4S. The summed E-state index contributed by atoms with van der Waals surface area (Å²) >= 11 is 0. The molecule has 0 radical (unpaired) electrons. The van der Waals surface area contributed by atoms with E-state index in [0.717, 1.165) is 11.1 Å². The molecule has 1 atom stereocenters. The summed E-state index contributed by atoms with van der Waals surface area (Å²) in [4.78, 5) is 0.123. The van der Waals surface area contributed by atoms with Crippen molar-refractivity contribution >= 4 is 10.1 Å². The zero-order valence-corrected chi connectivity index (χ0v) is 12.6. The lowest BCUT2D eigenvalue weighted by Gasteiger charge is -2.14. The Morgan fingerprint density at radius 3 is 2.24 bits per heavy atom. The first-order valence-corrected chi connectivity index (χ1v) is 8.05. The van der Waals surface area contributed by atoms with Gasteiger partial charge in [-0.2, -0.15) is 8.42 Å². The highest BCUT2D eigenvalue weighted by atomic mass is 32.2. The fourth-order valence-corrected chi connectivity index (χ4v) is 2.87. The average Bonchev–Trinajstić information content (AvgIpc) is 2.49. The molecule has 0 saturated heterocycles. The largest absolute Gasteiger partial charge is 0.396 e. The van der Waals surface area contributed by atoms with Crippen molar-refractivity contribution in [1.29, 1.82) is 0 Å². The maximum Gasteiger partial charge on any atom is 0.296 e. The van der Waals surface area contributed by atoms with Gasteiger partial charge in [0.1, 0.15) is 0 Å². The van der Waals surface area contributed by atoms with Crippen LogP contribution in [0.3, 0.4) is 0 Å². The maximum absolute atomic E-state index is 12.1. The number of aryl methyl sites for hydroxylation is 1.